The molecular weight excluding hydrogens is 338 g/mol. The first-order valence-electron chi connectivity index (χ1n) is 7.08. The van der Waals surface area contributed by atoms with Gasteiger partial charge in [0.15, 0.2) is 5.44 Å². The molecule has 0 spiro atoms. The number of ether oxygens (including phenoxy) is 1. The van der Waals surface area contributed by atoms with Crippen LogP contribution in [-0.2, 0) is 0 Å². The Morgan fingerprint density at radius 1 is 1.04 bits per heavy atom. The van der Waals surface area contributed by atoms with Gasteiger partial charge in [-0.25, -0.2) is 0 Å². The van der Waals surface area contributed by atoms with Gasteiger partial charge in [0.2, 0.25) is 0 Å². The first-order chi connectivity index (χ1) is 11.0. The van der Waals surface area contributed by atoms with Gasteiger partial charge < -0.3 is 20.1 Å². The number of halogens is 1. The smallest absolute Gasteiger partial charge is 0.173 e. The largest absolute Gasteiger partial charge is 0.475 e. The quantitative estimate of drug-likeness (QED) is 0.782. The summed E-state index contributed by atoms with van der Waals surface area (Å²) in [4.78, 5) is 4.15. The van der Waals surface area contributed by atoms with E-state index in [-0.39, 0.29) is 0 Å². The van der Waals surface area contributed by atoms with Crippen LogP contribution >= 0.6 is 23.4 Å². The average Bonchev–Trinajstić information content (AvgIpc) is 2.56. The second-order valence-corrected chi connectivity index (χ2v) is 6.85. The van der Waals surface area contributed by atoms with Gasteiger partial charge in [-0.3, -0.25) is 4.98 Å². The summed E-state index contributed by atoms with van der Waals surface area (Å²) in [5, 5.41) is 29.9. The van der Waals surface area contributed by atoms with E-state index in [1.807, 2.05) is 12.1 Å². The average molecular weight is 354 g/mol. The van der Waals surface area contributed by atoms with Crippen molar-refractivity contribution in [1.29, 1.82) is 0 Å². The van der Waals surface area contributed by atoms with Gasteiger partial charge in [-0.2, -0.15) is 0 Å². The summed E-state index contributed by atoms with van der Waals surface area (Å²) in [6, 6.07) is 9.16. The van der Waals surface area contributed by atoms with Gasteiger partial charge >= 0.3 is 0 Å². The Bertz CT molecular complexity index is 669. The molecule has 1 aromatic heterocycles. The Balaban J connectivity index is 1.76. The molecule has 122 valence electrons. The molecule has 0 unspecified atom stereocenters. The van der Waals surface area contributed by atoms with Crippen LogP contribution in [0.5, 0.6) is 5.75 Å². The minimum Gasteiger partial charge on any atom is -0.475 e. The van der Waals surface area contributed by atoms with Crippen LogP contribution < -0.4 is 4.74 Å². The lowest BCUT2D eigenvalue weighted by atomic mass is 10.1. The van der Waals surface area contributed by atoms with E-state index >= 15 is 0 Å². The number of rotatable bonds is 3. The molecule has 0 amide bonds. The van der Waals surface area contributed by atoms with Crippen molar-refractivity contribution < 1.29 is 20.1 Å². The van der Waals surface area contributed by atoms with Crippen molar-refractivity contribution in [1.82, 2.24) is 4.98 Å². The highest BCUT2D eigenvalue weighted by molar-refractivity contribution is 7.99. The lowest BCUT2D eigenvalue weighted by Crippen LogP contribution is -2.50. The summed E-state index contributed by atoms with van der Waals surface area (Å²) in [7, 11) is 0. The molecule has 1 aliphatic heterocycles. The Morgan fingerprint density at radius 3 is 2.52 bits per heavy atom. The fraction of sp³-hybridized carbons (Fsp3) is 0.312. The third kappa shape index (κ3) is 3.79. The Labute approximate surface area is 142 Å². The van der Waals surface area contributed by atoms with Gasteiger partial charge in [0.1, 0.15) is 18.0 Å². The number of hydrogen-bond donors (Lipinski definition) is 3. The topological polar surface area (TPSA) is 82.8 Å². The monoisotopic (exact) mass is 353 g/mol. The van der Waals surface area contributed by atoms with Crippen LogP contribution in [0.4, 0.5) is 0 Å². The molecular formula is C16H16ClNO4S. The van der Waals surface area contributed by atoms with Crippen molar-refractivity contribution in [3.8, 4) is 16.9 Å². The van der Waals surface area contributed by atoms with E-state index in [9.17, 15) is 15.3 Å². The lowest BCUT2D eigenvalue weighted by Gasteiger charge is -2.34. The van der Waals surface area contributed by atoms with Crippen LogP contribution in [0.25, 0.3) is 11.1 Å². The normalized spacial score (nSPS) is 27.7. The number of nitrogens with zero attached hydrogens (tertiary/aromatic N) is 1. The summed E-state index contributed by atoms with van der Waals surface area (Å²) in [5.74, 6) is 0.783. The zero-order valence-electron chi connectivity index (χ0n) is 12.0. The standard InChI is InChI=1S/C16H16ClNO4S/c17-11-3-1-9(2-4-11)10-5-12(7-18-6-10)22-16-15(21)14(20)13(19)8-23-16/h1-7,13-16,19-21H,8H2/t13-,14+,15-,16-/m1/s1. The highest BCUT2D eigenvalue weighted by Crippen LogP contribution is 2.30. The molecule has 1 saturated heterocycles. The van der Waals surface area contributed by atoms with Crippen LogP contribution in [0, 0.1) is 0 Å². The number of hydrogen-bond acceptors (Lipinski definition) is 6. The van der Waals surface area contributed by atoms with E-state index in [1.54, 1.807) is 30.6 Å². The van der Waals surface area contributed by atoms with Gasteiger partial charge in [0, 0.05) is 22.5 Å². The number of benzene rings is 1. The second kappa shape index (κ2) is 7.07. The fourth-order valence-corrected chi connectivity index (χ4v) is 3.55. The van der Waals surface area contributed by atoms with Gasteiger partial charge in [-0.05, 0) is 23.8 Å². The maximum Gasteiger partial charge on any atom is 0.173 e. The maximum absolute atomic E-state index is 10.00. The van der Waals surface area contributed by atoms with Crippen molar-refractivity contribution in [2.45, 2.75) is 23.7 Å². The molecule has 3 rings (SSSR count). The van der Waals surface area contributed by atoms with E-state index in [1.165, 1.54) is 11.8 Å². The molecule has 0 saturated carbocycles. The lowest BCUT2D eigenvalue weighted by molar-refractivity contribution is -0.0786. The molecule has 2 heterocycles. The molecule has 2 aromatic rings. The van der Waals surface area contributed by atoms with Gasteiger partial charge in [0.05, 0.1) is 12.3 Å². The molecule has 0 aliphatic carbocycles. The molecule has 3 N–H and O–H groups in total. The molecule has 1 fully saturated rings. The van der Waals surface area contributed by atoms with Gasteiger partial charge in [-0.1, -0.05) is 23.7 Å². The first-order valence-corrected chi connectivity index (χ1v) is 8.51. The number of thioether (sulfide) groups is 1. The van der Waals surface area contributed by atoms with E-state index < -0.39 is 23.7 Å². The second-order valence-electron chi connectivity index (χ2n) is 5.28. The molecule has 7 heteroatoms. The number of aliphatic hydroxyl groups excluding tert-OH is 3. The van der Waals surface area contributed by atoms with E-state index in [0.29, 0.717) is 16.5 Å². The van der Waals surface area contributed by atoms with Crippen molar-refractivity contribution in [3.05, 3.63) is 47.7 Å². The summed E-state index contributed by atoms with van der Waals surface area (Å²) < 4.78 is 5.73. The summed E-state index contributed by atoms with van der Waals surface area (Å²) in [6.45, 7) is 0. The summed E-state index contributed by atoms with van der Waals surface area (Å²) >= 11 is 7.14. The maximum atomic E-state index is 10.00. The Kier molecular flexibility index (Phi) is 5.08. The van der Waals surface area contributed by atoms with Crippen LogP contribution in [0.15, 0.2) is 42.7 Å². The predicted octanol–water partition coefficient (Wildman–Crippen LogP) is 1.94. The molecule has 4 atom stereocenters. The predicted molar refractivity (Wildman–Crippen MR) is 89.6 cm³/mol. The van der Waals surface area contributed by atoms with Crippen LogP contribution in [0.1, 0.15) is 0 Å². The zero-order valence-corrected chi connectivity index (χ0v) is 13.6. The number of aliphatic hydroxyl groups is 3. The molecule has 1 aliphatic rings. The summed E-state index contributed by atoms with van der Waals surface area (Å²) in [5.41, 5.74) is 1.14. The van der Waals surface area contributed by atoms with Gasteiger partial charge in [-0.15, -0.1) is 11.8 Å². The van der Waals surface area contributed by atoms with E-state index in [2.05, 4.69) is 4.98 Å². The van der Waals surface area contributed by atoms with Crippen LogP contribution in [-0.4, -0.2) is 49.8 Å². The Morgan fingerprint density at radius 2 is 1.78 bits per heavy atom. The zero-order chi connectivity index (χ0) is 16.4. The molecule has 23 heavy (non-hydrogen) atoms. The third-order valence-electron chi connectivity index (χ3n) is 3.60. The minimum atomic E-state index is -1.21. The molecule has 0 bridgehead atoms. The van der Waals surface area contributed by atoms with Crippen molar-refractivity contribution in [2.75, 3.05) is 5.75 Å². The molecule has 0 radical (unpaired) electrons. The number of aromatic nitrogens is 1. The summed E-state index contributed by atoms with van der Waals surface area (Å²) in [6.07, 6.45) is -0.0755. The highest BCUT2D eigenvalue weighted by Gasteiger charge is 2.38. The van der Waals surface area contributed by atoms with E-state index in [4.69, 9.17) is 16.3 Å². The van der Waals surface area contributed by atoms with Crippen molar-refractivity contribution in [2.24, 2.45) is 0 Å². The molecule has 5 nitrogen and oxygen atoms in total. The van der Waals surface area contributed by atoms with E-state index in [0.717, 1.165) is 11.1 Å². The SMILES string of the molecule is O[C@@H]1[C@@H](O)[C@H](Oc2cncc(-c3ccc(Cl)cc3)c2)SC[C@H]1O. The van der Waals surface area contributed by atoms with Crippen LogP contribution in [0.2, 0.25) is 5.02 Å². The van der Waals surface area contributed by atoms with Crippen molar-refractivity contribution in [3.63, 3.8) is 0 Å². The molecule has 1 aromatic carbocycles. The minimum absolute atomic E-state index is 0.299. The first kappa shape index (κ1) is 16.5. The number of pyridine rings is 1. The highest BCUT2D eigenvalue weighted by atomic mass is 35.5. The van der Waals surface area contributed by atoms with Gasteiger partial charge in [0.25, 0.3) is 0 Å². The Hall–Kier alpha value is -1.31. The third-order valence-corrected chi connectivity index (χ3v) is 5.09. The fourth-order valence-electron chi connectivity index (χ4n) is 2.30. The van der Waals surface area contributed by atoms with Crippen molar-refractivity contribution >= 4 is 23.4 Å². The van der Waals surface area contributed by atoms with Crippen LogP contribution in [0.3, 0.4) is 0 Å².